The van der Waals surface area contributed by atoms with E-state index in [0.29, 0.717) is 12.0 Å². The molecule has 0 amide bonds. The largest absolute Gasteiger partial charge is 0.493 e. The zero-order valence-corrected chi connectivity index (χ0v) is 16.9. The van der Waals surface area contributed by atoms with Crippen molar-refractivity contribution >= 4 is 0 Å². The van der Waals surface area contributed by atoms with Gasteiger partial charge in [0.25, 0.3) is 0 Å². The minimum Gasteiger partial charge on any atom is -0.493 e. The lowest BCUT2D eigenvalue weighted by Gasteiger charge is -2.42. The van der Waals surface area contributed by atoms with Crippen LogP contribution < -0.4 is 4.74 Å². The summed E-state index contributed by atoms with van der Waals surface area (Å²) in [5.41, 5.74) is 5.81. The molecule has 3 nitrogen and oxygen atoms in total. The Balaban J connectivity index is 1.54. The fourth-order valence-corrected chi connectivity index (χ4v) is 4.63. The molecule has 2 aliphatic heterocycles. The van der Waals surface area contributed by atoms with Crippen LogP contribution in [0.2, 0.25) is 0 Å². The molecular weight excluding hydrogens is 332 g/mol. The number of nitrogens with zero attached hydrogens (tertiary/aromatic N) is 2. The normalized spacial score (nSPS) is 20.7. The Morgan fingerprint density at radius 1 is 1.11 bits per heavy atom. The van der Waals surface area contributed by atoms with Gasteiger partial charge in [-0.2, -0.15) is 0 Å². The molecule has 3 heteroatoms. The molecule has 0 aromatic heterocycles. The lowest BCUT2D eigenvalue weighted by atomic mass is 9.90. The van der Waals surface area contributed by atoms with E-state index < -0.39 is 0 Å². The molecule has 2 heterocycles. The van der Waals surface area contributed by atoms with Crippen LogP contribution in [0.3, 0.4) is 0 Å². The highest BCUT2D eigenvalue weighted by Crippen LogP contribution is 2.32. The number of fused-ring (bicyclic) bond motifs is 1. The smallest absolute Gasteiger partial charge is 0.122 e. The van der Waals surface area contributed by atoms with E-state index in [1.807, 2.05) is 0 Å². The Kier molecular flexibility index (Phi) is 5.51. The van der Waals surface area contributed by atoms with Crippen molar-refractivity contribution in [2.75, 3.05) is 32.8 Å². The van der Waals surface area contributed by atoms with Gasteiger partial charge >= 0.3 is 0 Å². The zero-order valence-electron chi connectivity index (χ0n) is 16.9. The molecule has 0 saturated carbocycles. The molecule has 144 valence electrons. The standard InChI is InChI=1S/C24H32N2O/c1-4-26-13-12-25(16-19-9-10-24-20(15-19)11-14-27-24)17-23(26)22-8-6-5-7-21(22)18(2)3/h5-10,15,18,23H,4,11-14,16-17H2,1-3H3. The van der Waals surface area contributed by atoms with Crippen molar-refractivity contribution < 1.29 is 4.74 Å². The summed E-state index contributed by atoms with van der Waals surface area (Å²) >= 11 is 0. The molecule has 1 saturated heterocycles. The van der Waals surface area contributed by atoms with Crippen molar-refractivity contribution in [2.24, 2.45) is 0 Å². The number of piperazine rings is 1. The summed E-state index contributed by atoms with van der Waals surface area (Å²) in [7, 11) is 0. The summed E-state index contributed by atoms with van der Waals surface area (Å²) in [4.78, 5) is 5.28. The third-order valence-electron chi connectivity index (χ3n) is 6.12. The lowest BCUT2D eigenvalue weighted by molar-refractivity contribution is 0.0732. The highest BCUT2D eigenvalue weighted by Gasteiger charge is 2.29. The molecule has 1 unspecified atom stereocenters. The summed E-state index contributed by atoms with van der Waals surface area (Å²) in [6, 6.07) is 16.3. The topological polar surface area (TPSA) is 15.7 Å². The summed E-state index contributed by atoms with van der Waals surface area (Å²) in [5, 5.41) is 0. The zero-order chi connectivity index (χ0) is 18.8. The maximum Gasteiger partial charge on any atom is 0.122 e. The number of likely N-dealkylation sites (N-methyl/N-ethyl adjacent to an activating group) is 1. The fraction of sp³-hybridized carbons (Fsp3) is 0.500. The van der Waals surface area contributed by atoms with Crippen LogP contribution in [0.15, 0.2) is 42.5 Å². The van der Waals surface area contributed by atoms with Crippen molar-refractivity contribution in [1.29, 1.82) is 0 Å². The molecule has 4 rings (SSSR count). The first-order chi connectivity index (χ1) is 13.2. The van der Waals surface area contributed by atoms with E-state index in [9.17, 15) is 0 Å². The van der Waals surface area contributed by atoms with E-state index in [1.165, 1.54) is 22.3 Å². The first-order valence-electron chi connectivity index (χ1n) is 10.5. The van der Waals surface area contributed by atoms with Gasteiger partial charge in [-0.15, -0.1) is 0 Å². The molecular formula is C24H32N2O. The van der Waals surface area contributed by atoms with E-state index >= 15 is 0 Å². The second-order valence-corrected chi connectivity index (χ2v) is 8.20. The second kappa shape index (κ2) is 8.04. The molecule has 1 fully saturated rings. The maximum absolute atomic E-state index is 5.66. The SMILES string of the molecule is CCN1CCN(Cc2ccc3c(c2)CCO3)CC1c1ccccc1C(C)C. The first-order valence-corrected chi connectivity index (χ1v) is 10.5. The van der Waals surface area contributed by atoms with Crippen LogP contribution in [0.25, 0.3) is 0 Å². The van der Waals surface area contributed by atoms with Crippen LogP contribution in [0.1, 0.15) is 55.0 Å². The van der Waals surface area contributed by atoms with Gasteiger partial charge in [-0.05, 0) is 40.8 Å². The molecule has 2 aromatic rings. The molecule has 0 radical (unpaired) electrons. The predicted molar refractivity (Wildman–Crippen MR) is 111 cm³/mol. The van der Waals surface area contributed by atoms with Crippen molar-refractivity contribution in [2.45, 2.75) is 45.7 Å². The van der Waals surface area contributed by atoms with Gasteiger partial charge < -0.3 is 4.74 Å². The van der Waals surface area contributed by atoms with Crippen LogP contribution >= 0.6 is 0 Å². The first kappa shape index (κ1) is 18.5. The van der Waals surface area contributed by atoms with Gasteiger partial charge in [0, 0.05) is 38.6 Å². The Hall–Kier alpha value is -1.84. The average Bonchev–Trinajstić information content (AvgIpc) is 3.15. The summed E-state index contributed by atoms with van der Waals surface area (Å²) in [6.07, 6.45) is 1.05. The fourth-order valence-electron chi connectivity index (χ4n) is 4.63. The third kappa shape index (κ3) is 3.90. The monoisotopic (exact) mass is 364 g/mol. The molecule has 2 aromatic carbocycles. The minimum absolute atomic E-state index is 0.486. The number of hydrogen-bond acceptors (Lipinski definition) is 3. The van der Waals surface area contributed by atoms with E-state index in [0.717, 1.165) is 51.5 Å². The van der Waals surface area contributed by atoms with Gasteiger partial charge in [-0.3, -0.25) is 9.80 Å². The molecule has 1 atom stereocenters. The Morgan fingerprint density at radius 3 is 2.78 bits per heavy atom. The van der Waals surface area contributed by atoms with Crippen LogP contribution in [0, 0.1) is 0 Å². The van der Waals surface area contributed by atoms with Gasteiger partial charge in [0.15, 0.2) is 0 Å². The van der Waals surface area contributed by atoms with Crippen LogP contribution in [-0.2, 0) is 13.0 Å². The Morgan fingerprint density at radius 2 is 1.96 bits per heavy atom. The second-order valence-electron chi connectivity index (χ2n) is 8.20. The van der Waals surface area contributed by atoms with Gasteiger partial charge in [0.2, 0.25) is 0 Å². The third-order valence-corrected chi connectivity index (χ3v) is 6.12. The van der Waals surface area contributed by atoms with Gasteiger partial charge in [0.05, 0.1) is 6.61 Å². The van der Waals surface area contributed by atoms with E-state index in [-0.39, 0.29) is 0 Å². The average molecular weight is 365 g/mol. The summed E-state index contributed by atoms with van der Waals surface area (Å²) in [6.45, 7) is 13.3. The van der Waals surface area contributed by atoms with Crippen molar-refractivity contribution in [3.05, 3.63) is 64.7 Å². The van der Waals surface area contributed by atoms with Crippen LogP contribution in [0.5, 0.6) is 5.75 Å². The van der Waals surface area contributed by atoms with E-state index in [4.69, 9.17) is 4.74 Å². The molecule has 0 spiro atoms. The summed E-state index contributed by atoms with van der Waals surface area (Å²) < 4.78 is 5.66. The van der Waals surface area contributed by atoms with Crippen LogP contribution in [-0.4, -0.2) is 42.6 Å². The predicted octanol–water partition coefficient (Wildman–Crippen LogP) is 4.62. The maximum atomic E-state index is 5.66. The van der Waals surface area contributed by atoms with Gasteiger partial charge in [-0.1, -0.05) is 57.2 Å². The summed E-state index contributed by atoms with van der Waals surface area (Å²) in [5.74, 6) is 1.64. The van der Waals surface area contributed by atoms with Gasteiger partial charge in [-0.25, -0.2) is 0 Å². The van der Waals surface area contributed by atoms with Crippen molar-refractivity contribution in [3.63, 3.8) is 0 Å². The van der Waals surface area contributed by atoms with Crippen molar-refractivity contribution in [3.8, 4) is 5.75 Å². The number of hydrogen-bond donors (Lipinski definition) is 0. The number of ether oxygens (including phenoxy) is 1. The minimum atomic E-state index is 0.486. The molecule has 27 heavy (non-hydrogen) atoms. The highest BCUT2D eigenvalue weighted by molar-refractivity contribution is 5.40. The van der Waals surface area contributed by atoms with Crippen molar-refractivity contribution in [1.82, 2.24) is 9.80 Å². The van der Waals surface area contributed by atoms with E-state index in [1.54, 1.807) is 0 Å². The number of rotatable bonds is 5. The molecule has 2 aliphatic rings. The Labute approximate surface area is 163 Å². The number of benzene rings is 2. The quantitative estimate of drug-likeness (QED) is 0.770. The van der Waals surface area contributed by atoms with Gasteiger partial charge in [0.1, 0.15) is 5.75 Å². The molecule has 0 aliphatic carbocycles. The van der Waals surface area contributed by atoms with Crippen LogP contribution in [0.4, 0.5) is 0 Å². The molecule has 0 N–H and O–H groups in total. The highest BCUT2D eigenvalue weighted by atomic mass is 16.5. The Bertz CT molecular complexity index is 786. The lowest BCUT2D eigenvalue weighted by Crippen LogP contribution is -2.48. The molecule has 0 bridgehead atoms. The van der Waals surface area contributed by atoms with E-state index in [2.05, 4.69) is 73.0 Å².